The maximum atomic E-state index is 14.7. The maximum Gasteiger partial charge on any atom is 0.319 e. The molecule has 0 saturated carbocycles. The Balaban J connectivity index is 1.39. The Labute approximate surface area is 251 Å². The van der Waals surface area contributed by atoms with Crippen molar-refractivity contribution in [1.82, 2.24) is 34.9 Å². The highest BCUT2D eigenvalue weighted by Crippen LogP contribution is 2.35. The summed E-state index contributed by atoms with van der Waals surface area (Å²) in [5.41, 5.74) is 3.02. The number of H-pyrrole nitrogens is 2. The largest absolute Gasteiger partial charge is 0.462 e. The number of aromatic nitrogens is 5. The highest BCUT2D eigenvalue weighted by Gasteiger charge is 2.34. The van der Waals surface area contributed by atoms with E-state index in [4.69, 9.17) is 26.3 Å². The number of benzene rings is 1. The van der Waals surface area contributed by atoms with Gasteiger partial charge in [-0.05, 0) is 32.0 Å². The fraction of sp³-hybridized carbons (Fsp3) is 0.414. The minimum atomic E-state index is -1.06. The third kappa shape index (κ3) is 5.48. The zero-order valence-electron chi connectivity index (χ0n) is 23.5. The first-order valence-electron chi connectivity index (χ1n) is 14.0. The second kappa shape index (κ2) is 11.8. The van der Waals surface area contributed by atoms with Gasteiger partial charge in [-0.1, -0.05) is 18.2 Å². The minimum Gasteiger partial charge on any atom is -0.462 e. The molecule has 11 nitrogen and oxygen atoms in total. The molecule has 1 aromatic carbocycles. The molecule has 0 bridgehead atoms. The molecule has 3 aromatic heterocycles. The van der Waals surface area contributed by atoms with E-state index in [9.17, 15) is 18.8 Å². The van der Waals surface area contributed by atoms with Crippen molar-refractivity contribution >= 4 is 45.3 Å². The number of fused-ring (bicyclic) bond motifs is 2. The van der Waals surface area contributed by atoms with Crippen LogP contribution in [0.3, 0.4) is 0 Å². The van der Waals surface area contributed by atoms with E-state index in [1.165, 1.54) is 11.0 Å². The van der Waals surface area contributed by atoms with Crippen molar-refractivity contribution in [3.8, 4) is 12.1 Å². The van der Waals surface area contributed by atoms with E-state index in [1.807, 2.05) is 4.90 Å². The lowest BCUT2D eigenvalue weighted by atomic mass is 10.0. The molecule has 4 aromatic rings. The standard InChI is InChI=1S/C29H30ClF2N9O2/c1-16(31)28(42)41-9-8-40(14-18(41)5-6-33)27-26-25(36-29(37-27)43-15-19-4-3-7-39(19)2)17(12-34-26)10-20-21-13-35-38-23(21)11-22(32)24(20)30/h11-13,18-19,34H,1,3-5,7-10,14-15H2,2H3,(H,35,38). The molecule has 2 fully saturated rings. The number of carbonyl (C=O) groups excluding carboxylic acids is 1. The Hall–Kier alpha value is -4.28. The molecule has 2 aliphatic heterocycles. The third-order valence-electron chi connectivity index (χ3n) is 8.35. The molecular weight excluding hydrogens is 580 g/mol. The summed E-state index contributed by atoms with van der Waals surface area (Å²) in [5, 5.41) is 17.0. The number of anilines is 1. The van der Waals surface area contributed by atoms with Crippen molar-refractivity contribution in [2.75, 3.05) is 44.7 Å². The molecule has 14 heteroatoms. The van der Waals surface area contributed by atoms with Gasteiger partial charge in [-0.2, -0.15) is 20.3 Å². The quantitative estimate of drug-likeness (QED) is 0.286. The van der Waals surface area contributed by atoms with Gasteiger partial charge in [0, 0.05) is 55.3 Å². The summed E-state index contributed by atoms with van der Waals surface area (Å²) < 4.78 is 34.6. The van der Waals surface area contributed by atoms with Crippen LogP contribution in [-0.2, 0) is 11.2 Å². The van der Waals surface area contributed by atoms with Crippen molar-refractivity contribution in [2.45, 2.75) is 37.8 Å². The fourth-order valence-corrected chi connectivity index (χ4v) is 6.25. The van der Waals surface area contributed by atoms with E-state index in [0.29, 0.717) is 46.5 Å². The van der Waals surface area contributed by atoms with Gasteiger partial charge < -0.3 is 24.4 Å². The van der Waals surface area contributed by atoms with Gasteiger partial charge in [-0.15, -0.1) is 0 Å². The Morgan fingerprint density at radius 3 is 2.88 bits per heavy atom. The van der Waals surface area contributed by atoms with Crippen LogP contribution in [0.5, 0.6) is 6.01 Å². The smallest absolute Gasteiger partial charge is 0.319 e. The Kier molecular flexibility index (Phi) is 7.89. The van der Waals surface area contributed by atoms with E-state index in [0.717, 1.165) is 24.9 Å². The van der Waals surface area contributed by atoms with E-state index in [-0.39, 0.29) is 43.0 Å². The summed E-state index contributed by atoms with van der Waals surface area (Å²) in [6.07, 6.45) is 5.75. The van der Waals surface area contributed by atoms with Gasteiger partial charge in [0.15, 0.2) is 11.6 Å². The van der Waals surface area contributed by atoms with Crippen molar-refractivity contribution in [3.05, 3.63) is 52.8 Å². The van der Waals surface area contributed by atoms with Gasteiger partial charge in [-0.3, -0.25) is 9.89 Å². The number of nitriles is 1. The first-order chi connectivity index (χ1) is 20.7. The number of nitrogens with one attached hydrogen (secondary N) is 2. The number of hydrogen-bond acceptors (Lipinski definition) is 8. The second-order valence-electron chi connectivity index (χ2n) is 11.0. The molecule has 2 unspecified atom stereocenters. The number of likely N-dealkylation sites (N-methyl/N-ethyl adjacent to an activating group) is 1. The third-order valence-corrected chi connectivity index (χ3v) is 8.76. The van der Waals surface area contributed by atoms with Crippen LogP contribution in [-0.4, -0.2) is 92.8 Å². The predicted molar refractivity (Wildman–Crippen MR) is 157 cm³/mol. The van der Waals surface area contributed by atoms with Crippen molar-refractivity contribution in [2.24, 2.45) is 0 Å². The monoisotopic (exact) mass is 609 g/mol. The average molecular weight is 610 g/mol. The molecule has 2 saturated heterocycles. The van der Waals surface area contributed by atoms with E-state index in [1.54, 1.807) is 12.4 Å². The van der Waals surface area contributed by atoms with Crippen LogP contribution in [0.15, 0.2) is 30.9 Å². The second-order valence-corrected chi connectivity index (χ2v) is 11.4. The molecule has 6 rings (SSSR count). The molecule has 0 radical (unpaired) electrons. The molecule has 2 N–H and O–H groups in total. The SMILES string of the molecule is C=C(F)C(=O)N1CCN(c2nc(OCC3CCCN3C)nc3c(Cc4c(Cl)c(F)cc5[nH]ncc45)c[nH]c23)CC1CC#N. The summed E-state index contributed by atoms with van der Waals surface area (Å²) >= 11 is 6.44. The molecule has 0 aliphatic carbocycles. The number of hydrogen-bond donors (Lipinski definition) is 2. The van der Waals surface area contributed by atoms with Gasteiger partial charge in [-0.25, -0.2) is 8.78 Å². The number of likely N-dealkylation sites (tertiary alicyclic amines) is 1. The highest BCUT2D eigenvalue weighted by atomic mass is 35.5. The van der Waals surface area contributed by atoms with Crippen LogP contribution in [0.2, 0.25) is 5.02 Å². The van der Waals surface area contributed by atoms with Crippen molar-refractivity contribution < 1.29 is 18.3 Å². The van der Waals surface area contributed by atoms with E-state index < -0.39 is 23.6 Å². The van der Waals surface area contributed by atoms with Gasteiger partial charge in [0.1, 0.15) is 23.5 Å². The predicted octanol–water partition coefficient (Wildman–Crippen LogP) is 4.10. The lowest BCUT2D eigenvalue weighted by molar-refractivity contribution is -0.131. The van der Waals surface area contributed by atoms with Crippen molar-refractivity contribution in [3.63, 3.8) is 0 Å². The molecule has 2 atom stereocenters. The summed E-state index contributed by atoms with van der Waals surface area (Å²) in [4.78, 5) is 30.8. The molecule has 224 valence electrons. The van der Waals surface area contributed by atoms with Crippen LogP contribution in [0.4, 0.5) is 14.6 Å². The lowest BCUT2D eigenvalue weighted by Gasteiger charge is -2.40. The Morgan fingerprint density at radius 1 is 1.30 bits per heavy atom. The zero-order valence-corrected chi connectivity index (χ0v) is 24.3. The Morgan fingerprint density at radius 2 is 2.14 bits per heavy atom. The van der Waals surface area contributed by atoms with Gasteiger partial charge in [0.05, 0.1) is 35.3 Å². The number of amides is 1. The Bertz CT molecular complexity index is 1750. The van der Waals surface area contributed by atoms with Gasteiger partial charge in [0.25, 0.3) is 5.91 Å². The summed E-state index contributed by atoms with van der Waals surface area (Å²) in [6.45, 7) is 5.28. The highest BCUT2D eigenvalue weighted by molar-refractivity contribution is 6.32. The maximum absolute atomic E-state index is 14.7. The first kappa shape index (κ1) is 28.8. The van der Waals surface area contributed by atoms with Crippen LogP contribution >= 0.6 is 11.6 Å². The number of nitrogens with zero attached hydrogens (tertiary/aromatic N) is 7. The molecule has 43 heavy (non-hydrogen) atoms. The van der Waals surface area contributed by atoms with Gasteiger partial charge >= 0.3 is 6.01 Å². The minimum absolute atomic E-state index is 0.00728. The summed E-state index contributed by atoms with van der Waals surface area (Å²) in [5.74, 6) is -1.92. The number of ether oxygens (including phenoxy) is 1. The first-order valence-corrected chi connectivity index (χ1v) is 14.4. The normalized spacial score (nSPS) is 19.3. The topological polar surface area (TPSA) is 130 Å². The summed E-state index contributed by atoms with van der Waals surface area (Å²) in [6, 6.07) is 3.25. The lowest BCUT2D eigenvalue weighted by Crippen LogP contribution is -2.55. The van der Waals surface area contributed by atoms with Crippen LogP contribution in [0, 0.1) is 17.1 Å². The molecule has 0 spiro atoms. The van der Waals surface area contributed by atoms with Crippen molar-refractivity contribution in [1.29, 1.82) is 5.26 Å². The fourth-order valence-electron chi connectivity index (χ4n) is 6.02. The van der Waals surface area contributed by atoms with Crippen LogP contribution in [0.25, 0.3) is 21.9 Å². The van der Waals surface area contributed by atoms with Crippen LogP contribution < -0.4 is 9.64 Å². The number of halogens is 3. The zero-order chi connectivity index (χ0) is 30.2. The van der Waals surface area contributed by atoms with Crippen LogP contribution in [0.1, 0.15) is 30.4 Å². The molecule has 1 amide bonds. The summed E-state index contributed by atoms with van der Waals surface area (Å²) in [7, 11) is 2.06. The van der Waals surface area contributed by atoms with E-state index in [2.05, 4.69) is 39.8 Å². The number of piperazine rings is 1. The number of rotatable bonds is 8. The van der Waals surface area contributed by atoms with E-state index >= 15 is 0 Å². The van der Waals surface area contributed by atoms with Gasteiger partial charge in [0.2, 0.25) is 0 Å². The molecular formula is C29H30ClF2N9O2. The number of carbonyl (C=O) groups is 1. The average Bonchev–Trinajstić information content (AvgIpc) is 3.73. The molecule has 2 aliphatic rings. The molecule has 5 heterocycles. The number of aromatic amines is 2.